The zero-order valence-corrected chi connectivity index (χ0v) is 17.0. The first-order chi connectivity index (χ1) is 14.6. The van der Waals surface area contributed by atoms with Crippen LogP contribution in [0.1, 0.15) is 16.1 Å². The van der Waals surface area contributed by atoms with E-state index in [1.165, 1.54) is 0 Å². The predicted molar refractivity (Wildman–Crippen MR) is 119 cm³/mol. The molecule has 0 radical (unpaired) electrons. The first-order valence-corrected chi connectivity index (χ1v) is 9.72. The second-order valence-electron chi connectivity index (χ2n) is 7.27. The van der Waals surface area contributed by atoms with Gasteiger partial charge in [0.2, 0.25) is 0 Å². The SMILES string of the molecule is CN(C)Cc1ccnc(NC(=O)c2cc(-c3ccccc3)n(-c3ccccc3)n2)c1. The molecule has 4 rings (SSSR count). The fraction of sp³-hybridized carbons (Fsp3) is 0.125. The molecule has 1 N–H and O–H groups in total. The molecule has 30 heavy (non-hydrogen) atoms. The molecule has 6 nitrogen and oxygen atoms in total. The van der Waals surface area contributed by atoms with Gasteiger partial charge in [0.15, 0.2) is 5.69 Å². The number of pyridine rings is 1. The standard InChI is InChI=1S/C24H23N5O/c1-28(2)17-18-13-14-25-23(15-18)26-24(30)21-16-22(19-9-5-3-6-10-19)29(27-21)20-11-7-4-8-12-20/h3-16H,17H2,1-2H3,(H,25,26,30). The third kappa shape index (κ3) is 4.45. The number of hydrogen-bond acceptors (Lipinski definition) is 4. The van der Waals surface area contributed by atoms with Crippen molar-refractivity contribution in [2.45, 2.75) is 6.54 Å². The van der Waals surface area contributed by atoms with Crippen molar-refractivity contribution in [2.24, 2.45) is 0 Å². The first kappa shape index (κ1) is 19.5. The highest BCUT2D eigenvalue weighted by atomic mass is 16.2. The molecule has 0 unspecified atom stereocenters. The lowest BCUT2D eigenvalue weighted by molar-refractivity contribution is 0.102. The number of carbonyl (C=O) groups excluding carboxylic acids is 1. The Kier molecular flexibility index (Phi) is 5.68. The summed E-state index contributed by atoms with van der Waals surface area (Å²) in [5.41, 5.74) is 4.13. The van der Waals surface area contributed by atoms with Crippen molar-refractivity contribution in [2.75, 3.05) is 19.4 Å². The van der Waals surface area contributed by atoms with Gasteiger partial charge in [-0.25, -0.2) is 9.67 Å². The zero-order chi connectivity index (χ0) is 20.9. The lowest BCUT2D eigenvalue weighted by Gasteiger charge is -2.10. The summed E-state index contributed by atoms with van der Waals surface area (Å²) in [6.45, 7) is 0.770. The molecule has 0 saturated carbocycles. The van der Waals surface area contributed by atoms with Crippen molar-refractivity contribution in [3.63, 3.8) is 0 Å². The molecule has 2 aromatic heterocycles. The lowest BCUT2D eigenvalue weighted by atomic mass is 10.1. The molecule has 0 saturated heterocycles. The summed E-state index contributed by atoms with van der Waals surface area (Å²) >= 11 is 0. The number of nitrogens with one attached hydrogen (secondary N) is 1. The molecule has 6 heteroatoms. The fourth-order valence-corrected chi connectivity index (χ4v) is 3.26. The van der Waals surface area contributed by atoms with E-state index in [1.54, 1.807) is 16.9 Å². The zero-order valence-electron chi connectivity index (χ0n) is 17.0. The van der Waals surface area contributed by atoms with Crippen LogP contribution in [0.5, 0.6) is 0 Å². The molecule has 150 valence electrons. The van der Waals surface area contributed by atoms with Crippen LogP contribution < -0.4 is 5.32 Å². The van der Waals surface area contributed by atoms with E-state index in [0.29, 0.717) is 11.5 Å². The molecule has 0 aliphatic heterocycles. The summed E-state index contributed by atoms with van der Waals surface area (Å²) in [6, 6.07) is 25.3. The Hall–Kier alpha value is -3.77. The highest BCUT2D eigenvalue weighted by Gasteiger charge is 2.17. The van der Waals surface area contributed by atoms with Crippen LogP contribution in [0.4, 0.5) is 5.82 Å². The second-order valence-corrected chi connectivity index (χ2v) is 7.27. The third-order valence-corrected chi connectivity index (χ3v) is 4.58. The van der Waals surface area contributed by atoms with E-state index < -0.39 is 0 Å². The van der Waals surface area contributed by atoms with Crippen LogP contribution in [0.15, 0.2) is 85.1 Å². The number of benzene rings is 2. The largest absolute Gasteiger partial charge is 0.305 e. The Labute approximate surface area is 175 Å². The molecule has 2 heterocycles. The van der Waals surface area contributed by atoms with Gasteiger partial charge in [0.05, 0.1) is 11.4 Å². The van der Waals surface area contributed by atoms with Gasteiger partial charge in [-0.05, 0) is 50.0 Å². The number of amides is 1. The molecule has 4 aromatic rings. The number of rotatable bonds is 6. The monoisotopic (exact) mass is 397 g/mol. The Morgan fingerprint density at radius 3 is 2.37 bits per heavy atom. The Morgan fingerprint density at radius 1 is 0.967 bits per heavy atom. The first-order valence-electron chi connectivity index (χ1n) is 9.72. The predicted octanol–water partition coefficient (Wildman–Crippen LogP) is 4.25. The molecule has 0 aliphatic carbocycles. The summed E-state index contributed by atoms with van der Waals surface area (Å²) in [5.74, 6) is 0.214. The molecular formula is C24H23N5O. The van der Waals surface area contributed by atoms with Crippen LogP contribution in [0.25, 0.3) is 16.9 Å². The normalized spacial score (nSPS) is 10.9. The molecule has 1 amide bonds. The van der Waals surface area contributed by atoms with Gasteiger partial charge in [-0.1, -0.05) is 48.5 Å². The van der Waals surface area contributed by atoms with Crippen molar-refractivity contribution < 1.29 is 4.79 Å². The van der Waals surface area contributed by atoms with Gasteiger partial charge in [-0.15, -0.1) is 0 Å². The van der Waals surface area contributed by atoms with Gasteiger partial charge in [-0.2, -0.15) is 5.10 Å². The lowest BCUT2D eigenvalue weighted by Crippen LogP contribution is -2.15. The number of anilines is 1. The van der Waals surface area contributed by atoms with Crippen LogP contribution in [0.3, 0.4) is 0 Å². The van der Waals surface area contributed by atoms with Crippen LogP contribution >= 0.6 is 0 Å². The minimum Gasteiger partial charge on any atom is -0.305 e. The maximum Gasteiger partial charge on any atom is 0.277 e. The Morgan fingerprint density at radius 2 is 1.67 bits per heavy atom. The van der Waals surface area contributed by atoms with Crippen LogP contribution in [-0.4, -0.2) is 39.7 Å². The van der Waals surface area contributed by atoms with Crippen molar-refractivity contribution in [1.29, 1.82) is 0 Å². The minimum atomic E-state index is -0.295. The molecule has 0 spiro atoms. The molecule has 0 fully saturated rings. The van der Waals surface area contributed by atoms with E-state index in [0.717, 1.165) is 29.1 Å². The number of carbonyl (C=O) groups is 1. The van der Waals surface area contributed by atoms with Gasteiger partial charge in [0, 0.05) is 18.3 Å². The quantitative estimate of drug-likeness (QED) is 0.528. The van der Waals surface area contributed by atoms with Crippen LogP contribution in [-0.2, 0) is 6.54 Å². The average Bonchev–Trinajstić information content (AvgIpc) is 3.20. The van der Waals surface area contributed by atoms with Crippen molar-refractivity contribution in [1.82, 2.24) is 19.7 Å². The molecule has 0 aliphatic rings. The van der Waals surface area contributed by atoms with Crippen molar-refractivity contribution >= 4 is 11.7 Å². The highest BCUT2D eigenvalue weighted by Crippen LogP contribution is 2.24. The van der Waals surface area contributed by atoms with Gasteiger partial charge >= 0.3 is 0 Å². The van der Waals surface area contributed by atoms with E-state index in [2.05, 4.69) is 20.3 Å². The third-order valence-electron chi connectivity index (χ3n) is 4.58. The van der Waals surface area contributed by atoms with Crippen molar-refractivity contribution in [3.05, 3.63) is 96.3 Å². The van der Waals surface area contributed by atoms with Crippen molar-refractivity contribution in [3.8, 4) is 16.9 Å². The second kappa shape index (κ2) is 8.71. The van der Waals surface area contributed by atoms with E-state index in [-0.39, 0.29) is 5.91 Å². The summed E-state index contributed by atoms with van der Waals surface area (Å²) in [6.07, 6.45) is 1.70. The maximum atomic E-state index is 12.9. The Balaban J connectivity index is 1.66. The molecular weight excluding hydrogens is 374 g/mol. The average molecular weight is 397 g/mol. The number of hydrogen-bond donors (Lipinski definition) is 1. The maximum absolute atomic E-state index is 12.9. The smallest absolute Gasteiger partial charge is 0.277 e. The van der Waals surface area contributed by atoms with Gasteiger partial charge in [-0.3, -0.25) is 4.79 Å². The highest BCUT2D eigenvalue weighted by molar-refractivity contribution is 6.03. The van der Waals surface area contributed by atoms with Crippen LogP contribution in [0, 0.1) is 0 Å². The summed E-state index contributed by atoms with van der Waals surface area (Å²) < 4.78 is 1.79. The number of aromatic nitrogens is 3. The fourth-order valence-electron chi connectivity index (χ4n) is 3.26. The molecule has 2 aromatic carbocycles. The number of nitrogens with zero attached hydrogens (tertiary/aromatic N) is 4. The van der Waals surface area contributed by atoms with Gasteiger partial charge in [0.1, 0.15) is 5.82 Å². The Bertz CT molecular complexity index is 1080. The van der Waals surface area contributed by atoms with E-state index in [4.69, 9.17) is 0 Å². The molecule has 0 atom stereocenters. The topological polar surface area (TPSA) is 63.1 Å². The summed E-state index contributed by atoms with van der Waals surface area (Å²) in [4.78, 5) is 19.3. The minimum absolute atomic E-state index is 0.295. The van der Waals surface area contributed by atoms with Crippen LogP contribution in [0.2, 0.25) is 0 Å². The van der Waals surface area contributed by atoms with Gasteiger partial charge < -0.3 is 10.2 Å². The van der Waals surface area contributed by atoms with E-state index in [1.807, 2.05) is 86.9 Å². The van der Waals surface area contributed by atoms with E-state index >= 15 is 0 Å². The molecule has 0 bridgehead atoms. The van der Waals surface area contributed by atoms with Gasteiger partial charge in [0.25, 0.3) is 5.91 Å². The number of para-hydroxylation sites is 1. The van der Waals surface area contributed by atoms with E-state index in [9.17, 15) is 4.79 Å². The summed E-state index contributed by atoms with van der Waals surface area (Å²) in [5, 5.41) is 7.46. The summed E-state index contributed by atoms with van der Waals surface area (Å²) in [7, 11) is 4.00.